The highest BCUT2D eigenvalue weighted by molar-refractivity contribution is 5.94. The van der Waals surface area contributed by atoms with E-state index < -0.39 is 0 Å². The van der Waals surface area contributed by atoms with Crippen molar-refractivity contribution < 1.29 is 4.79 Å². The molecule has 0 saturated carbocycles. The zero-order valence-corrected chi connectivity index (χ0v) is 15.2. The van der Waals surface area contributed by atoms with Crippen LogP contribution in [-0.2, 0) is 11.2 Å². The van der Waals surface area contributed by atoms with Gasteiger partial charge in [-0.05, 0) is 61.0 Å². The van der Waals surface area contributed by atoms with Gasteiger partial charge in [0.15, 0.2) is 0 Å². The van der Waals surface area contributed by atoms with Crippen molar-refractivity contribution in [2.75, 3.05) is 25.0 Å². The number of hydrogen-bond donors (Lipinski definition) is 1. The van der Waals surface area contributed by atoms with Gasteiger partial charge in [-0.3, -0.25) is 9.69 Å². The number of piperidine rings is 1. The van der Waals surface area contributed by atoms with E-state index in [4.69, 9.17) is 0 Å². The lowest BCUT2D eigenvalue weighted by Crippen LogP contribution is -2.32. The normalized spacial score (nSPS) is 18.7. The molecule has 0 aliphatic carbocycles. The van der Waals surface area contributed by atoms with E-state index in [0.717, 1.165) is 37.3 Å². The van der Waals surface area contributed by atoms with E-state index in [-0.39, 0.29) is 5.91 Å². The summed E-state index contributed by atoms with van der Waals surface area (Å²) >= 11 is 0. The fraction of sp³-hybridized carbons (Fsp3) is 0.348. The Balaban J connectivity index is 1.30. The van der Waals surface area contributed by atoms with E-state index in [1.165, 1.54) is 24.0 Å². The number of anilines is 1. The van der Waals surface area contributed by atoms with Crippen molar-refractivity contribution in [1.29, 1.82) is 0 Å². The summed E-state index contributed by atoms with van der Waals surface area (Å²) in [7, 11) is 0. The van der Waals surface area contributed by atoms with Gasteiger partial charge in [0.1, 0.15) is 0 Å². The lowest BCUT2D eigenvalue weighted by Gasteiger charge is -2.31. The molecule has 1 N–H and O–H groups in total. The number of carbonyl (C=O) groups is 1. The molecule has 1 amide bonds. The smallest absolute Gasteiger partial charge is 0.224 e. The highest BCUT2D eigenvalue weighted by Gasteiger charge is 2.19. The lowest BCUT2D eigenvalue weighted by molar-refractivity contribution is -0.116. The Kier molecular flexibility index (Phi) is 5.16. The molecule has 2 aromatic rings. The molecular formula is C23H26N2O. The minimum Gasteiger partial charge on any atom is -0.326 e. The van der Waals surface area contributed by atoms with Crippen LogP contribution in [0.25, 0.3) is 6.08 Å². The molecule has 3 heteroatoms. The second-order valence-electron chi connectivity index (χ2n) is 7.35. The number of likely N-dealkylation sites (tertiary alicyclic amines) is 1. The average molecular weight is 346 g/mol. The summed E-state index contributed by atoms with van der Waals surface area (Å²) in [5.41, 5.74) is 4.86. The number of aryl methyl sites for hydroxylation is 1. The molecule has 0 unspecified atom stereocenters. The van der Waals surface area contributed by atoms with Crippen LogP contribution in [0.4, 0.5) is 5.69 Å². The first-order valence-corrected chi connectivity index (χ1v) is 9.64. The number of amides is 1. The molecule has 4 rings (SSSR count). The first kappa shape index (κ1) is 17.0. The number of benzene rings is 2. The van der Waals surface area contributed by atoms with Crippen molar-refractivity contribution in [3.63, 3.8) is 0 Å². The van der Waals surface area contributed by atoms with Crippen molar-refractivity contribution in [3.8, 4) is 0 Å². The molecule has 26 heavy (non-hydrogen) atoms. The molecule has 134 valence electrons. The first-order chi connectivity index (χ1) is 12.8. The third kappa shape index (κ3) is 4.05. The Labute approximate surface area is 155 Å². The van der Waals surface area contributed by atoms with Crippen molar-refractivity contribution in [2.45, 2.75) is 31.6 Å². The first-order valence-electron chi connectivity index (χ1n) is 9.64. The van der Waals surface area contributed by atoms with Crippen LogP contribution in [0.15, 0.2) is 54.6 Å². The Hall–Kier alpha value is -2.39. The number of carbonyl (C=O) groups excluding carboxylic acids is 1. The Morgan fingerprint density at radius 2 is 1.85 bits per heavy atom. The third-order valence-electron chi connectivity index (χ3n) is 5.56. The summed E-state index contributed by atoms with van der Waals surface area (Å²) in [5.74, 6) is 0.834. The molecule has 0 radical (unpaired) electrons. The highest BCUT2D eigenvalue weighted by Crippen LogP contribution is 2.28. The van der Waals surface area contributed by atoms with Crippen molar-refractivity contribution in [3.05, 3.63) is 71.3 Å². The van der Waals surface area contributed by atoms with Crippen LogP contribution in [0.3, 0.4) is 0 Å². The molecule has 2 aromatic carbocycles. The second-order valence-corrected chi connectivity index (χ2v) is 7.35. The minimum atomic E-state index is 0.125. The van der Waals surface area contributed by atoms with Gasteiger partial charge in [0, 0.05) is 18.7 Å². The quantitative estimate of drug-likeness (QED) is 0.886. The molecule has 0 atom stereocenters. The summed E-state index contributed by atoms with van der Waals surface area (Å²) in [6, 6.07) is 17.3. The molecule has 0 spiro atoms. The van der Waals surface area contributed by atoms with E-state index in [0.29, 0.717) is 12.3 Å². The molecule has 1 fully saturated rings. The van der Waals surface area contributed by atoms with Gasteiger partial charge in [0.25, 0.3) is 0 Å². The predicted molar refractivity (Wildman–Crippen MR) is 107 cm³/mol. The monoisotopic (exact) mass is 346 g/mol. The van der Waals surface area contributed by atoms with Crippen LogP contribution in [0, 0.1) is 0 Å². The van der Waals surface area contributed by atoms with E-state index in [1.54, 1.807) is 0 Å². The standard InChI is InChI=1S/C23H26N2O/c26-23-11-10-21-9-8-18(17-22(21)24-23)5-4-14-25-15-12-20(13-16-25)19-6-2-1-3-7-19/h1-9,17,20H,10-16H2,(H,24,26). The topological polar surface area (TPSA) is 32.3 Å². The molecule has 3 nitrogen and oxygen atoms in total. The summed E-state index contributed by atoms with van der Waals surface area (Å²) in [6.45, 7) is 3.30. The maximum Gasteiger partial charge on any atom is 0.224 e. The van der Waals surface area contributed by atoms with E-state index in [1.807, 2.05) is 0 Å². The summed E-state index contributed by atoms with van der Waals surface area (Å²) in [5, 5.41) is 2.98. The number of hydrogen-bond acceptors (Lipinski definition) is 2. The van der Waals surface area contributed by atoms with Gasteiger partial charge in [0.2, 0.25) is 5.91 Å². The maximum atomic E-state index is 11.6. The van der Waals surface area contributed by atoms with Crippen molar-refractivity contribution >= 4 is 17.7 Å². The zero-order chi connectivity index (χ0) is 17.8. The minimum absolute atomic E-state index is 0.125. The summed E-state index contributed by atoms with van der Waals surface area (Å²) < 4.78 is 0. The molecule has 2 aliphatic heterocycles. The lowest BCUT2D eigenvalue weighted by atomic mass is 9.89. The van der Waals surface area contributed by atoms with Crippen LogP contribution in [0.1, 0.15) is 41.9 Å². The largest absolute Gasteiger partial charge is 0.326 e. The van der Waals surface area contributed by atoms with Crippen LogP contribution in [0.5, 0.6) is 0 Å². The SMILES string of the molecule is O=C1CCc2ccc(C=CCN3CCC(c4ccccc4)CC3)cc2N1. The zero-order valence-electron chi connectivity index (χ0n) is 15.2. The van der Waals surface area contributed by atoms with Gasteiger partial charge >= 0.3 is 0 Å². The van der Waals surface area contributed by atoms with Crippen LogP contribution >= 0.6 is 0 Å². The summed E-state index contributed by atoms with van der Waals surface area (Å²) in [6.07, 6.45) is 8.34. The molecule has 2 aliphatic rings. The van der Waals surface area contributed by atoms with Gasteiger partial charge < -0.3 is 5.32 Å². The second kappa shape index (κ2) is 7.88. The Morgan fingerprint density at radius 1 is 1.04 bits per heavy atom. The van der Waals surface area contributed by atoms with E-state index in [9.17, 15) is 4.79 Å². The maximum absolute atomic E-state index is 11.6. The number of rotatable bonds is 4. The Bertz CT molecular complexity index is 789. The molecular weight excluding hydrogens is 320 g/mol. The average Bonchev–Trinajstić information content (AvgIpc) is 2.69. The van der Waals surface area contributed by atoms with Crippen molar-refractivity contribution in [1.82, 2.24) is 4.90 Å². The van der Waals surface area contributed by atoms with Gasteiger partial charge in [-0.25, -0.2) is 0 Å². The summed E-state index contributed by atoms with van der Waals surface area (Å²) in [4.78, 5) is 14.1. The van der Waals surface area contributed by atoms with E-state index >= 15 is 0 Å². The van der Waals surface area contributed by atoms with Gasteiger partial charge in [0.05, 0.1) is 0 Å². The number of fused-ring (bicyclic) bond motifs is 1. The number of nitrogens with one attached hydrogen (secondary N) is 1. The fourth-order valence-electron chi connectivity index (χ4n) is 4.00. The number of nitrogens with zero attached hydrogens (tertiary/aromatic N) is 1. The van der Waals surface area contributed by atoms with Crippen LogP contribution < -0.4 is 5.32 Å². The molecule has 2 heterocycles. The third-order valence-corrected chi connectivity index (χ3v) is 5.56. The predicted octanol–water partition coefficient (Wildman–Crippen LogP) is 4.46. The van der Waals surface area contributed by atoms with Gasteiger partial charge in [-0.15, -0.1) is 0 Å². The molecule has 0 bridgehead atoms. The van der Waals surface area contributed by atoms with Gasteiger partial charge in [-0.2, -0.15) is 0 Å². The van der Waals surface area contributed by atoms with Crippen LogP contribution in [-0.4, -0.2) is 30.4 Å². The molecule has 1 saturated heterocycles. The highest BCUT2D eigenvalue weighted by atomic mass is 16.1. The fourth-order valence-corrected chi connectivity index (χ4v) is 4.00. The van der Waals surface area contributed by atoms with Gasteiger partial charge in [-0.1, -0.05) is 54.6 Å². The van der Waals surface area contributed by atoms with Crippen LogP contribution in [0.2, 0.25) is 0 Å². The van der Waals surface area contributed by atoms with Crippen molar-refractivity contribution in [2.24, 2.45) is 0 Å². The van der Waals surface area contributed by atoms with E-state index in [2.05, 4.69) is 70.9 Å². The Morgan fingerprint density at radius 3 is 2.65 bits per heavy atom. The molecule has 0 aromatic heterocycles.